The molecule has 0 spiro atoms. The third-order valence-corrected chi connectivity index (χ3v) is 5.89. The van der Waals surface area contributed by atoms with E-state index in [1.165, 1.54) is 0 Å². The predicted octanol–water partition coefficient (Wildman–Crippen LogP) is 1.47. The summed E-state index contributed by atoms with van der Waals surface area (Å²) in [6, 6.07) is 7.42. The molecule has 0 bridgehead atoms. The first-order chi connectivity index (χ1) is 13.2. The summed E-state index contributed by atoms with van der Waals surface area (Å²) < 4.78 is 5.36. The number of carbonyl (C=O) groups is 2. The van der Waals surface area contributed by atoms with E-state index in [1.54, 1.807) is 7.11 Å². The lowest BCUT2D eigenvalue weighted by Gasteiger charge is -2.35. The largest absolute Gasteiger partial charge is 0.496 e. The molecule has 27 heavy (non-hydrogen) atoms. The Bertz CT molecular complexity index is 689. The Labute approximate surface area is 164 Å². The van der Waals surface area contributed by atoms with E-state index >= 15 is 0 Å². The van der Waals surface area contributed by atoms with E-state index in [-0.39, 0.29) is 18.2 Å². The van der Waals surface area contributed by atoms with Crippen molar-refractivity contribution in [3.05, 3.63) is 35.9 Å². The highest BCUT2D eigenvalue weighted by atomic mass is 32.2. The number of piperazine rings is 1. The SMILES string of the molecule is COc1ccccc1/C=C/CN1CCNC(=O)C1CC(=O)N1CCSCC1. The van der Waals surface area contributed by atoms with E-state index in [0.717, 1.165) is 42.5 Å². The molecule has 0 radical (unpaired) electrons. The fourth-order valence-corrected chi connectivity index (χ4v) is 4.33. The van der Waals surface area contributed by atoms with Crippen molar-refractivity contribution in [2.24, 2.45) is 0 Å². The van der Waals surface area contributed by atoms with Crippen LogP contribution in [0.25, 0.3) is 6.08 Å². The van der Waals surface area contributed by atoms with E-state index in [9.17, 15) is 9.59 Å². The zero-order valence-electron chi connectivity index (χ0n) is 15.7. The average Bonchev–Trinajstić information content (AvgIpc) is 2.71. The number of nitrogens with zero attached hydrogens (tertiary/aromatic N) is 2. The molecule has 1 N–H and O–H groups in total. The lowest BCUT2D eigenvalue weighted by molar-refractivity contribution is -0.138. The van der Waals surface area contributed by atoms with E-state index in [0.29, 0.717) is 13.1 Å². The van der Waals surface area contributed by atoms with Crippen LogP contribution in [0.1, 0.15) is 12.0 Å². The number of carbonyl (C=O) groups excluding carboxylic acids is 2. The molecule has 0 saturated carbocycles. The second kappa shape index (κ2) is 9.80. The Morgan fingerprint density at radius 3 is 2.85 bits per heavy atom. The summed E-state index contributed by atoms with van der Waals surface area (Å²) in [7, 11) is 1.66. The van der Waals surface area contributed by atoms with Gasteiger partial charge in [0.05, 0.1) is 19.6 Å². The van der Waals surface area contributed by atoms with Crippen molar-refractivity contribution >= 4 is 29.7 Å². The van der Waals surface area contributed by atoms with Crippen LogP contribution < -0.4 is 10.1 Å². The van der Waals surface area contributed by atoms with Gasteiger partial charge in [-0.1, -0.05) is 30.4 Å². The smallest absolute Gasteiger partial charge is 0.237 e. The number of benzene rings is 1. The Morgan fingerprint density at radius 1 is 1.30 bits per heavy atom. The van der Waals surface area contributed by atoms with Crippen molar-refractivity contribution in [3.63, 3.8) is 0 Å². The zero-order valence-corrected chi connectivity index (χ0v) is 16.5. The summed E-state index contributed by atoms with van der Waals surface area (Å²) in [5, 5.41) is 2.90. The fourth-order valence-electron chi connectivity index (χ4n) is 3.43. The first-order valence-corrected chi connectivity index (χ1v) is 10.5. The molecule has 6 nitrogen and oxygen atoms in total. The fraction of sp³-hybridized carbons (Fsp3) is 0.500. The van der Waals surface area contributed by atoms with Crippen molar-refractivity contribution < 1.29 is 14.3 Å². The van der Waals surface area contributed by atoms with Crippen LogP contribution in [0, 0.1) is 0 Å². The van der Waals surface area contributed by atoms with E-state index in [1.807, 2.05) is 53.1 Å². The number of hydrogen-bond acceptors (Lipinski definition) is 5. The van der Waals surface area contributed by atoms with Crippen molar-refractivity contribution in [1.82, 2.24) is 15.1 Å². The highest BCUT2D eigenvalue weighted by Crippen LogP contribution is 2.19. The molecule has 2 aliphatic heterocycles. The molecular weight excluding hydrogens is 362 g/mol. The maximum atomic E-state index is 12.6. The Kier molecular flexibility index (Phi) is 7.18. The molecule has 2 fully saturated rings. The van der Waals surface area contributed by atoms with Crippen LogP contribution in [0.2, 0.25) is 0 Å². The number of ether oxygens (including phenoxy) is 1. The van der Waals surface area contributed by atoms with E-state index in [4.69, 9.17) is 4.74 Å². The van der Waals surface area contributed by atoms with E-state index < -0.39 is 6.04 Å². The standard InChI is InChI=1S/C20H27N3O3S/c1-26-18-7-3-2-5-16(18)6-4-9-22-10-8-21-20(25)17(22)15-19(24)23-11-13-27-14-12-23/h2-7,17H,8-15H2,1H3,(H,21,25)/b6-4+. The highest BCUT2D eigenvalue weighted by molar-refractivity contribution is 7.99. The molecule has 1 unspecified atom stereocenters. The maximum absolute atomic E-state index is 12.6. The number of amides is 2. The summed E-state index contributed by atoms with van der Waals surface area (Å²) in [4.78, 5) is 29.0. The van der Waals surface area contributed by atoms with Gasteiger partial charge in [-0.3, -0.25) is 14.5 Å². The van der Waals surface area contributed by atoms with Gasteiger partial charge in [0.25, 0.3) is 0 Å². The normalized spacial score (nSPS) is 21.3. The lowest BCUT2D eigenvalue weighted by atomic mass is 10.1. The monoisotopic (exact) mass is 389 g/mol. The molecule has 3 rings (SSSR count). The molecule has 2 aliphatic rings. The summed E-state index contributed by atoms with van der Waals surface area (Å²) in [6.45, 7) is 3.55. The summed E-state index contributed by atoms with van der Waals surface area (Å²) in [5.74, 6) is 2.81. The second-order valence-electron chi connectivity index (χ2n) is 6.64. The molecule has 0 aromatic heterocycles. The molecule has 1 atom stereocenters. The van der Waals surface area contributed by atoms with Crippen LogP contribution in [0.15, 0.2) is 30.3 Å². The van der Waals surface area contributed by atoms with Gasteiger partial charge in [-0.05, 0) is 6.07 Å². The van der Waals surface area contributed by atoms with Crippen LogP contribution in [-0.4, -0.2) is 79.0 Å². The van der Waals surface area contributed by atoms with Crippen molar-refractivity contribution in [2.75, 3.05) is 51.3 Å². The predicted molar refractivity (Wildman–Crippen MR) is 109 cm³/mol. The van der Waals surface area contributed by atoms with E-state index in [2.05, 4.69) is 10.2 Å². The minimum atomic E-state index is -0.400. The molecule has 7 heteroatoms. The minimum Gasteiger partial charge on any atom is -0.496 e. The number of methoxy groups -OCH3 is 1. The molecule has 2 heterocycles. The molecule has 2 amide bonds. The van der Waals surface area contributed by atoms with Gasteiger partial charge in [0.1, 0.15) is 5.75 Å². The Balaban J connectivity index is 1.62. The Morgan fingerprint density at radius 2 is 2.07 bits per heavy atom. The summed E-state index contributed by atoms with van der Waals surface area (Å²) >= 11 is 1.87. The van der Waals surface area contributed by atoms with Gasteiger partial charge in [0.2, 0.25) is 11.8 Å². The molecule has 0 aliphatic carbocycles. The first-order valence-electron chi connectivity index (χ1n) is 9.36. The topological polar surface area (TPSA) is 61.9 Å². The first kappa shape index (κ1) is 19.8. The second-order valence-corrected chi connectivity index (χ2v) is 7.87. The quantitative estimate of drug-likeness (QED) is 0.799. The van der Waals surface area contributed by atoms with Gasteiger partial charge in [-0.2, -0.15) is 11.8 Å². The Hall–Kier alpha value is -1.99. The van der Waals surface area contributed by atoms with Crippen molar-refractivity contribution in [2.45, 2.75) is 12.5 Å². The van der Waals surface area contributed by atoms with Gasteiger partial charge >= 0.3 is 0 Å². The number of para-hydroxylation sites is 1. The van der Waals surface area contributed by atoms with Gasteiger partial charge in [0.15, 0.2) is 0 Å². The molecule has 2 saturated heterocycles. The van der Waals surface area contributed by atoms with Crippen molar-refractivity contribution in [1.29, 1.82) is 0 Å². The number of thioether (sulfide) groups is 1. The van der Waals surface area contributed by atoms with Crippen LogP contribution in [0.4, 0.5) is 0 Å². The summed E-state index contributed by atoms with van der Waals surface area (Å²) in [6.07, 6.45) is 4.29. The molecule has 1 aromatic rings. The third kappa shape index (κ3) is 5.26. The molecule has 146 valence electrons. The average molecular weight is 390 g/mol. The number of nitrogens with one attached hydrogen (secondary N) is 1. The van der Waals surface area contributed by atoms with Crippen molar-refractivity contribution in [3.8, 4) is 5.75 Å². The third-order valence-electron chi connectivity index (χ3n) is 4.95. The number of hydrogen-bond donors (Lipinski definition) is 1. The van der Waals surface area contributed by atoms with Crippen LogP contribution >= 0.6 is 11.8 Å². The maximum Gasteiger partial charge on any atom is 0.237 e. The minimum absolute atomic E-state index is 0.0494. The molecule has 1 aromatic carbocycles. The lowest BCUT2D eigenvalue weighted by Crippen LogP contribution is -2.56. The zero-order chi connectivity index (χ0) is 19.1. The van der Waals surface area contributed by atoms with Gasteiger partial charge in [-0.25, -0.2) is 0 Å². The summed E-state index contributed by atoms with van der Waals surface area (Å²) in [5.41, 5.74) is 1.000. The number of rotatable bonds is 6. The van der Waals surface area contributed by atoms with Gasteiger partial charge in [0, 0.05) is 49.8 Å². The van der Waals surface area contributed by atoms with Crippen LogP contribution in [0.5, 0.6) is 5.75 Å². The van der Waals surface area contributed by atoms with Crippen LogP contribution in [0.3, 0.4) is 0 Å². The van der Waals surface area contributed by atoms with Crippen LogP contribution in [-0.2, 0) is 9.59 Å². The van der Waals surface area contributed by atoms with Gasteiger partial charge < -0.3 is 15.0 Å². The molecular formula is C20H27N3O3S. The van der Waals surface area contributed by atoms with Gasteiger partial charge in [-0.15, -0.1) is 0 Å². The highest BCUT2D eigenvalue weighted by Gasteiger charge is 2.32.